The van der Waals surface area contributed by atoms with Crippen molar-refractivity contribution in [2.45, 2.75) is 0 Å². The highest BCUT2D eigenvalue weighted by Crippen LogP contribution is 2.35. The summed E-state index contributed by atoms with van der Waals surface area (Å²) in [6.07, 6.45) is 0. The van der Waals surface area contributed by atoms with Gasteiger partial charge < -0.3 is 19.7 Å². The molecule has 1 amide bonds. The molecule has 0 aromatic heterocycles. The number of hydrogen-bond donors (Lipinski definition) is 1. The number of esters is 2. The summed E-state index contributed by atoms with van der Waals surface area (Å²) in [5.41, 5.74) is 0.987. The van der Waals surface area contributed by atoms with Gasteiger partial charge in [0, 0.05) is 11.8 Å². The zero-order chi connectivity index (χ0) is 20.3. The summed E-state index contributed by atoms with van der Waals surface area (Å²) in [6, 6.07) is 9.95. The number of benzene rings is 2. The number of non-ortho nitro benzene ring substituents is 1. The molecule has 0 saturated heterocycles. The third kappa shape index (κ3) is 4.06. The van der Waals surface area contributed by atoms with Crippen LogP contribution in [0.15, 0.2) is 42.5 Å². The van der Waals surface area contributed by atoms with E-state index in [1.54, 1.807) is 12.1 Å². The summed E-state index contributed by atoms with van der Waals surface area (Å²) >= 11 is 0. The Morgan fingerprint density at radius 2 is 1.96 bits per heavy atom. The molecule has 0 aliphatic carbocycles. The lowest BCUT2D eigenvalue weighted by Gasteiger charge is -2.28. The second-order valence-electron chi connectivity index (χ2n) is 5.86. The SMILES string of the molecule is COC(=O)c1ccc(NC(=O)CN2CC(=O)Oc3cc([N+](=O)[O-])ccc32)cc1. The number of ether oxygens (including phenoxy) is 2. The number of carbonyl (C=O) groups is 3. The lowest BCUT2D eigenvalue weighted by atomic mass is 10.2. The van der Waals surface area contributed by atoms with Crippen molar-refractivity contribution in [3.8, 4) is 5.75 Å². The Labute approximate surface area is 158 Å². The Balaban J connectivity index is 1.71. The van der Waals surface area contributed by atoms with Crippen molar-refractivity contribution in [1.29, 1.82) is 0 Å². The molecule has 10 heteroatoms. The number of anilines is 2. The number of fused-ring (bicyclic) bond motifs is 1. The lowest BCUT2D eigenvalue weighted by molar-refractivity contribution is -0.384. The molecule has 2 aromatic carbocycles. The normalized spacial score (nSPS) is 12.6. The first-order valence-corrected chi connectivity index (χ1v) is 8.09. The van der Waals surface area contributed by atoms with Gasteiger partial charge in [-0.05, 0) is 30.3 Å². The third-order valence-electron chi connectivity index (χ3n) is 3.96. The smallest absolute Gasteiger partial charge is 0.337 e. The molecule has 0 bridgehead atoms. The average Bonchev–Trinajstić information content (AvgIpc) is 2.67. The van der Waals surface area contributed by atoms with E-state index in [0.717, 1.165) is 6.07 Å². The van der Waals surface area contributed by atoms with Crippen LogP contribution < -0.4 is 15.0 Å². The molecule has 10 nitrogen and oxygen atoms in total. The minimum absolute atomic E-state index is 0.0284. The van der Waals surface area contributed by atoms with Gasteiger partial charge in [-0.1, -0.05) is 0 Å². The molecule has 28 heavy (non-hydrogen) atoms. The maximum absolute atomic E-state index is 12.3. The fraction of sp³-hybridized carbons (Fsp3) is 0.167. The van der Waals surface area contributed by atoms with E-state index in [9.17, 15) is 24.5 Å². The summed E-state index contributed by atoms with van der Waals surface area (Å²) in [7, 11) is 1.27. The molecule has 144 valence electrons. The van der Waals surface area contributed by atoms with Gasteiger partial charge in [0.2, 0.25) is 5.91 Å². The van der Waals surface area contributed by atoms with Crippen molar-refractivity contribution in [1.82, 2.24) is 0 Å². The molecule has 0 fully saturated rings. The van der Waals surface area contributed by atoms with Crippen LogP contribution in [0.5, 0.6) is 5.75 Å². The molecular weight excluding hydrogens is 370 g/mol. The van der Waals surface area contributed by atoms with Gasteiger partial charge in [0.25, 0.3) is 5.69 Å². The quantitative estimate of drug-likeness (QED) is 0.357. The van der Waals surface area contributed by atoms with E-state index < -0.39 is 22.8 Å². The van der Waals surface area contributed by atoms with E-state index in [-0.39, 0.29) is 24.5 Å². The number of hydrogen-bond acceptors (Lipinski definition) is 8. The Bertz CT molecular complexity index is 956. The molecule has 0 atom stereocenters. The van der Waals surface area contributed by atoms with Gasteiger partial charge in [-0.15, -0.1) is 0 Å². The van der Waals surface area contributed by atoms with Crippen molar-refractivity contribution in [2.75, 3.05) is 30.4 Å². The first-order valence-electron chi connectivity index (χ1n) is 8.09. The van der Waals surface area contributed by atoms with Crippen LogP contribution in [0.25, 0.3) is 0 Å². The Kier molecular flexibility index (Phi) is 5.21. The monoisotopic (exact) mass is 385 g/mol. The van der Waals surface area contributed by atoms with Gasteiger partial charge in [0.1, 0.15) is 6.54 Å². The number of nitro groups is 1. The molecule has 0 radical (unpaired) electrons. The molecule has 1 aliphatic heterocycles. The van der Waals surface area contributed by atoms with Gasteiger partial charge in [-0.3, -0.25) is 14.9 Å². The number of rotatable bonds is 5. The van der Waals surface area contributed by atoms with Crippen LogP contribution in [0.1, 0.15) is 10.4 Å². The van der Waals surface area contributed by atoms with Crippen LogP contribution in [-0.4, -0.2) is 43.0 Å². The molecule has 0 spiro atoms. The predicted octanol–water partition coefficient (Wildman–Crippen LogP) is 1.75. The van der Waals surface area contributed by atoms with Gasteiger partial charge >= 0.3 is 11.9 Å². The van der Waals surface area contributed by atoms with Crippen LogP contribution in [0.3, 0.4) is 0 Å². The number of methoxy groups -OCH3 is 1. The fourth-order valence-corrected chi connectivity index (χ4v) is 2.68. The second-order valence-corrected chi connectivity index (χ2v) is 5.86. The van der Waals surface area contributed by atoms with Crippen molar-refractivity contribution in [3.05, 3.63) is 58.1 Å². The zero-order valence-corrected chi connectivity index (χ0v) is 14.7. The maximum atomic E-state index is 12.3. The highest BCUT2D eigenvalue weighted by Gasteiger charge is 2.27. The standard InChI is InChI=1S/C18H15N3O7/c1-27-18(24)11-2-4-12(5-3-11)19-16(22)9-20-10-17(23)28-15-8-13(21(25)26)6-7-14(15)20/h2-8H,9-10H2,1H3,(H,19,22). The minimum Gasteiger partial charge on any atom is -0.465 e. The van der Waals surface area contributed by atoms with E-state index in [2.05, 4.69) is 10.1 Å². The van der Waals surface area contributed by atoms with E-state index in [4.69, 9.17) is 4.74 Å². The summed E-state index contributed by atoms with van der Waals surface area (Å²) < 4.78 is 9.64. The number of nitrogens with zero attached hydrogens (tertiary/aromatic N) is 2. The van der Waals surface area contributed by atoms with Crippen molar-refractivity contribution in [2.24, 2.45) is 0 Å². The third-order valence-corrected chi connectivity index (χ3v) is 3.96. The highest BCUT2D eigenvalue weighted by atomic mass is 16.6. The van der Waals surface area contributed by atoms with Crippen LogP contribution in [0.2, 0.25) is 0 Å². The van der Waals surface area contributed by atoms with Gasteiger partial charge in [0.05, 0.1) is 35.9 Å². The summed E-state index contributed by atoms with van der Waals surface area (Å²) in [5, 5.41) is 13.5. The van der Waals surface area contributed by atoms with Crippen molar-refractivity contribution < 1.29 is 28.8 Å². The number of nitro benzene ring substituents is 1. The summed E-state index contributed by atoms with van der Waals surface area (Å²) in [5.74, 6) is -1.50. The van der Waals surface area contributed by atoms with E-state index in [1.807, 2.05) is 0 Å². The van der Waals surface area contributed by atoms with E-state index in [1.165, 1.54) is 36.3 Å². The predicted molar refractivity (Wildman–Crippen MR) is 97.4 cm³/mol. The second kappa shape index (κ2) is 7.74. The molecule has 2 aromatic rings. The lowest BCUT2D eigenvalue weighted by Crippen LogP contribution is -2.41. The number of amides is 1. The van der Waals surface area contributed by atoms with Crippen molar-refractivity contribution >= 4 is 34.9 Å². The Morgan fingerprint density at radius 1 is 1.25 bits per heavy atom. The van der Waals surface area contributed by atoms with E-state index in [0.29, 0.717) is 16.9 Å². The first-order chi connectivity index (χ1) is 13.4. The van der Waals surface area contributed by atoms with Gasteiger partial charge in [0.15, 0.2) is 5.75 Å². The Hall–Kier alpha value is -3.95. The molecule has 1 N–H and O–H groups in total. The molecule has 1 heterocycles. The topological polar surface area (TPSA) is 128 Å². The Morgan fingerprint density at radius 3 is 2.61 bits per heavy atom. The summed E-state index contributed by atoms with van der Waals surface area (Å²) in [6.45, 7) is -0.335. The van der Waals surface area contributed by atoms with Gasteiger partial charge in [-0.25, -0.2) is 9.59 Å². The highest BCUT2D eigenvalue weighted by molar-refractivity contribution is 5.97. The minimum atomic E-state index is -0.622. The van der Waals surface area contributed by atoms with Crippen LogP contribution >= 0.6 is 0 Å². The molecule has 3 rings (SSSR count). The molecule has 0 saturated carbocycles. The first kappa shape index (κ1) is 18.8. The van der Waals surface area contributed by atoms with Crippen molar-refractivity contribution in [3.63, 3.8) is 0 Å². The van der Waals surface area contributed by atoms with Crippen LogP contribution in [-0.2, 0) is 14.3 Å². The van der Waals surface area contributed by atoms with E-state index >= 15 is 0 Å². The molecular formula is C18H15N3O7. The fourth-order valence-electron chi connectivity index (χ4n) is 2.68. The van der Waals surface area contributed by atoms with Gasteiger partial charge in [-0.2, -0.15) is 0 Å². The van der Waals surface area contributed by atoms with Crippen LogP contribution in [0.4, 0.5) is 17.1 Å². The molecule has 0 unspecified atom stereocenters. The molecule has 1 aliphatic rings. The van der Waals surface area contributed by atoms with Crippen LogP contribution in [0, 0.1) is 10.1 Å². The number of carbonyl (C=O) groups excluding carboxylic acids is 3. The summed E-state index contributed by atoms with van der Waals surface area (Å²) in [4.78, 5) is 47.3. The largest absolute Gasteiger partial charge is 0.465 e. The maximum Gasteiger partial charge on any atom is 0.337 e. The zero-order valence-electron chi connectivity index (χ0n) is 14.7. The number of nitrogens with one attached hydrogen (secondary N) is 1. The average molecular weight is 385 g/mol.